The van der Waals surface area contributed by atoms with Crippen molar-refractivity contribution < 1.29 is 9.53 Å². The van der Waals surface area contributed by atoms with Gasteiger partial charge in [-0.1, -0.05) is 36.4 Å². The van der Waals surface area contributed by atoms with Gasteiger partial charge in [0.15, 0.2) is 5.96 Å². The largest absolute Gasteiger partial charge is 0.494 e. The molecular weight excluding hydrogens is 455 g/mol. The second-order valence-electron chi connectivity index (χ2n) is 5.55. The third-order valence-corrected chi connectivity index (χ3v) is 3.41. The summed E-state index contributed by atoms with van der Waals surface area (Å²) in [4.78, 5) is 16.3. The zero-order valence-electron chi connectivity index (χ0n) is 15.5. The van der Waals surface area contributed by atoms with Crippen molar-refractivity contribution in [1.82, 2.24) is 10.6 Å². The Morgan fingerprint density at radius 3 is 2.33 bits per heavy atom. The molecule has 0 atom stereocenters. The van der Waals surface area contributed by atoms with Crippen molar-refractivity contribution in [3.63, 3.8) is 0 Å². The van der Waals surface area contributed by atoms with Crippen LogP contribution >= 0.6 is 24.0 Å². The third-order valence-electron chi connectivity index (χ3n) is 3.41. The highest BCUT2D eigenvalue weighted by molar-refractivity contribution is 14.0. The van der Waals surface area contributed by atoms with Crippen molar-refractivity contribution >= 4 is 41.5 Å². The Labute approximate surface area is 177 Å². The lowest BCUT2D eigenvalue weighted by Gasteiger charge is -2.12. The number of hydrogen-bond donors (Lipinski definition) is 3. The van der Waals surface area contributed by atoms with Gasteiger partial charge in [0.05, 0.1) is 6.61 Å². The number of guanidine groups is 1. The van der Waals surface area contributed by atoms with Gasteiger partial charge >= 0.3 is 0 Å². The van der Waals surface area contributed by atoms with Crippen molar-refractivity contribution in [3.05, 3.63) is 60.7 Å². The predicted molar refractivity (Wildman–Crippen MR) is 121 cm³/mol. The van der Waals surface area contributed by atoms with Crippen LogP contribution in [0.15, 0.2) is 65.7 Å². The van der Waals surface area contributed by atoms with Crippen LogP contribution in [0.25, 0.3) is 0 Å². The first-order valence-corrected chi connectivity index (χ1v) is 8.83. The maximum Gasteiger partial charge on any atom is 0.246 e. The normalized spacial score (nSPS) is 10.5. The van der Waals surface area contributed by atoms with E-state index in [1.165, 1.54) is 0 Å². The highest BCUT2D eigenvalue weighted by Gasteiger charge is 2.03. The van der Waals surface area contributed by atoms with E-state index in [0.29, 0.717) is 19.1 Å². The van der Waals surface area contributed by atoms with E-state index in [0.717, 1.165) is 24.4 Å². The number of halogens is 1. The number of benzene rings is 2. The lowest BCUT2D eigenvalue weighted by Crippen LogP contribution is -2.38. The van der Waals surface area contributed by atoms with Gasteiger partial charge in [0.2, 0.25) is 5.91 Å². The molecule has 0 aliphatic heterocycles. The second-order valence-corrected chi connectivity index (χ2v) is 5.55. The summed E-state index contributed by atoms with van der Waals surface area (Å²) in [5, 5.41) is 9.15. The number of nitrogens with one attached hydrogen (secondary N) is 3. The topological polar surface area (TPSA) is 74.8 Å². The molecule has 0 unspecified atom stereocenters. The Morgan fingerprint density at radius 2 is 1.67 bits per heavy atom. The Hall–Kier alpha value is -2.29. The van der Waals surface area contributed by atoms with E-state index in [1.54, 1.807) is 0 Å². The molecule has 1 amide bonds. The van der Waals surface area contributed by atoms with E-state index in [4.69, 9.17) is 4.74 Å². The monoisotopic (exact) mass is 482 g/mol. The number of nitrogens with zero attached hydrogens (tertiary/aromatic N) is 1. The van der Waals surface area contributed by atoms with E-state index < -0.39 is 0 Å². The summed E-state index contributed by atoms with van der Waals surface area (Å²) in [5.41, 5.74) is 0.767. The molecule has 3 N–H and O–H groups in total. The number of hydrogen-bond acceptors (Lipinski definition) is 3. The molecule has 7 heteroatoms. The van der Waals surface area contributed by atoms with Gasteiger partial charge < -0.3 is 20.7 Å². The van der Waals surface area contributed by atoms with Gasteiger partial charge in [0.1, 0.15) is 12.3 Å². The molecule has 0 bridgehead atoms. The molecule has 6 nitrogen and oxygen atoms in total. The van der Waals surface area contributed by atoms with Crippen LogP contribution in [0.4, 0.5) is 5.69 Å². The molecule has 2 rings (SSSR count). The van der Waals surface area contributed by atoms with Crippen LogP contribution in [0.2, 0.25) is 0 Å². The van der Waals surface area contributed by atoms with Gasteiger partial charge in [-0.15, -0.1) is 24.0 Å². The van der Waals surface area contributed by atoms with E-state index in [9.17, 15) is 4.79 Å². The molecule has 146 valence electrons. The lowest BCUT2D eigenvalue weighted by atomic mass is 10.3. The smallest absolute Gasteiger partial charge is 0.246 e. The first-order valence-electron chi connectivity index (χ1n) is 8.83. The molecule has 2 aromatic carbocycles. The second kappa shape index (κ2) is 13.9. The first kappa shape index (κ1) is 22.8. The number of rotatable bonds is 9. The van der Waals surface area contributed by atoms with Crippen molar-refractivity contribution in [2.45, 2.75) is 13.3 Å². The first-order chi connectivity index (χ1) is 12.8. The van der Waals surface area contributed by atoms with Gasteiger partial charge in [-0.25, -0.2) is 4.99 Å². The van der Waals surface area contributed by atoms with E-state index in [1.807, 2.05) is 67.6 Å². The summed E-state index contributed by atoms with van der Waals surface area (Å²) < 4.78 is 5.65. The molecule has 0 spiro atoms. The van der Waals surface area contributed by atoms with E-state index in [-0.39, 0.29) is 36.4 Å². The molecule has 0 aliphatic carbocycles. The third kappa shape index (κ3) is 9.83. The Balaban J connectivity index is 0.00000364. The molecule has 2 aromatic rings. The summed E-state index contributed by atoms with van der Waals surface area (Å²) >= 11 is 0. The molecule has 0 aliphatic rings. The van der Waals surface area contributed by atoms with Crippen LogP contribution in [0.5, 0.6) is 5.75 Å². The average molecular weight is 482 g/mol. The highest BCUT2D eigenvalue weighted by Crippen LogP contribution is 2.08. The molecule has 0 aromatic heterocycles. The zero-order chi connectivity index (χ0) is 18.5. The van der Waals surface area contributed by atoms with Crippen molar-refractivity contribution in [3.8, 4) is 5.75 Å². The minimum atomic E-state index is -0.152. The van der Waals surface area contributed by atoms with E-state index >= 15 is 0 Å². The van der Waals surface area contributed by atoms with Gasteiger partial charge in [-0.05, 0) is 37.6 Å². The van der Waals surface area contributed by atoms with Crippen molar-refractivity contribution in [1.29, 1.82) is 0 Å². The molecule has 0 saturated heterocycles. The number of carbonyl (C=O) groups is 1. The predicted octanol–water partition coefficient (Wildman–Crippen LogP) is 3.27. The fourth-order valence-electron chi connectivity index (χ4n) is 2.20. The van der Waals surface area contributed by atoms with Crippen LogP contribution in [0, 0.1) is 0 Å². The van der Waals surface area contributed by atoms with Gasteiger partial charge in [-0.3, -0.25) is 4.79 Å². The van der Waals surface area contributed by atoms with Crippen molar-refractivity contribution in [2.24, 2.45) is 4.99 Å². The molecule has 0 saturated carbocycles. The number of ether oxygens (including phenoxy) is 1. The molecule has 0 heterocycles. The average Bonchev–Trinajstić information content (AvgIpc) is 2.67. The standard InChI is InChI=1S/C20H26N4O2.HI/c1-2-21-20(22-14-9-15-26-18-12-7-4-8-13-18)23-16-19(25)24-17-10-5-3-6-11-17;/h3-8,10-13H,2,9,14-16H2,1H3,(H,24,25)(H2,21,22,23);1H. The number of carbonyl (C=O) groups excluding carboxylic acids is 1. The van der Waals surface area contributed by atoms with Crippen LogP contribution in [0.3, 0.4) is 0 Å². The fourth-order valence-corrected chi connectivity index (χ4v) is 2.20. The highest BCUT2D eigenvalue weighted by atomic mass is 127. The van der Waals surface area contributed by atoms with Crippen LogP contribution < -0.4 is 20.7 Å². The zero-order valence-corrected chi connectivity index (χ0v) is 17.8. The van der Waals surface area contributed by atoms with Crippen LogP contribution in [-0.4, -0.2) is 38.1 Å². The minimum absolute atomic E-state index is 0. The van der Waals surface area contributed by atoms with Gasteiger partial charge in [0, 0.05) is 18.8 Å². The number of amides is 1. The summed E-state index contributed by atoms with van der Waals surface area (Å²) in [6.07, 6.45) is 0.829. The lowest BCUT2D eigenvalue weighted by molar-refractivity contribution is -0.114. The minimum Gasteiger partial charge on any atom is -0.494 e. The van der Waals surface area contributed by atoms with Crippen LogP contribution in [-0.2, 0) is 4.79 Å². The molecule has 0 radical (unpaired) electrons. The molecular formula is C20H27IN4O2. The fraction of sp³-hybridized carbons (Fsp3) is 0.300. The maximum atomic E-state index is 12.0. The SMILES string of the molecule is CCNC(=NCC(=O)Nc1ccccc1)NCCCOc1ccccc1.I. The number of aliphatic imine (C=N–C) groups is 1. The Morgan fingerprint density at radius 1 is 1.00 bits per heavy atom. The Kier molecular flexibility index (Phi) is 11.7. The summed E-state index contributed by atoms with van der Waals surface area (Å²) in [6, 6.07) is 19.1. The molecule has 0 fully saturated rings. The maximum absolute atomic E-state index is 12.0. The van der Waals surface area contributed by atoms with Gasteiger partial charge in [0.25, 0.3) is 0 Å². The number of para-hydroxylation sites is 2. The summed E-state index contributed by atoms with van der Waals surface area (Å²) in [6.45, 7) is 4.10. The van der Waals surface area contributed by atoms with Gasteiger partial charge in [-0.2, -0.15) is 0 Å². The Bertz CT molecular complexity index is 681. The summed E-state index contributed by atoms with van der Waals surface area (Å²) in [7, 11) is 0. The van der Waals surface area contributed by atoms with Crippen LogP contribution in [0.1, 0.15) is 13.3 Å². The number of anilines is 1. The van der Waals surface area contributed by atoms with Crippen molar-refractivity contribution in [2.75, 3.05) is 31.6 Å². The quantitative estimate of drug-likeness (QED) is 0.222. The van der Waals surface area contributed by atoms with E-state index in [2.05, 4.69) is 20.9 Å². The summed E-state index contributed by atoms with van der Waals surface area (Å²) in [5.74, 6) is 1.34. The molecule has 27 heavy (non-hydrogen) atoms.